The summed E-state index contributed by atoms with van der Waals surface area (Å²) in [4.78, 5) is 26.4. The van der Waals surface area contributed by atoms with Crippen LogP contribution in [0.5, 0.6) is 0 Å². The van der Waals surface area contributed by atoms with E-state index in [-0.39, 0.29) is 17.6 Å². The zero-order chi connectivity index (χ0) is 14.7. The summed E-state index contributed by atoms with van der Waals surface area (Å²) in [7, 11) is 2.52. The van der Waals surface area contributed by atoms with Crippen molar-refractivity contribution in [1.29, 1.82) is 0 Å². The van der Waals surface area contributed by atoms with Crippen molar-refractivity contribution in [2.45, 2.75) is 13.0 Å². The summed E-state index contributed by atoms with van der Waals surface area (Å²) in [5, 5.41) is 3.99. The topological polar surface area (TPSA) is 96.5 Å². The normalized spacial score (nSPS) is 11.9. The molecule has 0 spiro atoms. The molecular formula is C12H13N3O5. The molecule has 1 unspecified atom stereocenters. The molecule has 8 heteroatoms. The fraction of sp³-hybridized carbons (Fsp3) is 0.333. The highest BCUT2D eigenvalue weighted by atomic mass is 16.5. The molecule has 0 aromatic carbocycles. The van der Waals surface area contributed by atoms with E-state index in [9.17, 15) is 9.59 Å². The summed E-state index contributed by atoms with van der Waals surface area (Å²) in [6, 6.07) is 2.81. The van der Waals surface area contributed by atoms with Crippen molar-refractivity contribution in [2.75, 3.05) is 14.2 Å². The monoisotopic (exact) mass is 279 g/mol. The Hall–Kier alpha value is -2.64. The molecule has 0 amide bonds. The van der Waals surface area contributed by atoms with Gasteiger partial charge < -0.3 is 13.9 Å². The fourth-order valence-corrected chi connectivity index (χ4v) is 1.56. The second-order valence-corrected chi connectivity index (χ2v) is 3.91. The molecule has 2 heterocycles. The minimum atomic E-state index is -0.620. The molecule has 2 aromatic rings. The maximum absolute atomic E-state index is 11.3. The van der Waals surface area contributed by atoms with E-state index in [0.29, 0.717) is 5.76 Å². The standard InChI is InChI=1S/C12H13N3O5/c1-7(8-4-5-9(20-8)11(16)18-2)15-6-13-10(14-15)12(17)19-3/h4-7H,1-3H3. The molecular weight excluding hydrogens is 266 g/mol. The molecule has 0 bridgehead atoms. The highest BCUT2D eigenvalue weighted by Gasteiger charge is 2.19. The predicted molar refractivity (Wildman–Crippen MR) is 65.2 cm³/mol. The van der Waals surface area contributed by atoms with Gasteiger partial charge in [0.25, 0.3) is 5.82 Å². The Morgan fingerprint density at radius 1 is 1.25 bits per heavy atom. The highest BCUT2D eigenvalue weighted by molar-refractivity contribution is 5.86. The molecule has 0 radical (unpaired) electrons. The number of carbonyl (C=O) groups is 2. The van der Waals surface area contributed by atoms with Crippen LogP contribution in [0, 0.1) is 0 Å². The van der Waals surface area contributed by atoms with Gasteiger partial charge in [-0.1, -0.05) is 0 Å². The molecule has 106 valence electrons. The van der Waals surface area contributed by atoms with Gasteiger partial charge in [0.2, 0.25) is 5.76 Å². The smallest absolute Gasteiger partial charge is 0.377 e. The molecule has 0 aliphatic rings. The van der Waals surface area contributed by atoms with E-state index in [1.807, 2.05) is 0 Å². The number of furan rings is 1. The van der Waals surface area contributed by atoms with Crippen molar-refractivity contribution < 1.29 is 23.5 Å². The number of hydrogen-bond acceptors (Lipinski definition) is 7. The number of nitrogens with zero attached hydrogens (tertiary/aromatic N) is 3. The number of methoxy groups -OCH3 is 2. The summed E-state index contributed by atoms with van der Waals surface area (Å²) in [6.07, 6.45) is 1.39. The van der Waals surface area contributed by atoms with Crippen LogP contribution in [0.15, 0.2) is 22.9 Å². The van der Waals surface area contributed by atoms with Gasteiger partial charge in [-0.3, -0.25) is 0 Å². The van der Waals surface area contributed by atoms with Crippen LogP contribution in [0.25, 0.3) is 0 Å². The summed E-state index contributed by atoms with van der Waals surface area (Å²) in [5.41, 5.74) is 0. The van der Waals surface area contributed by atoms with Crippen molar-refractivity contribution >= 4 is 11.9 Å². The molecule has 0 fully saturated rings. The summed E-state index contributed by atoms with van der Waals surface area (Å²) >= 11 is 0. The Balaban J connectivity index is 2.20. The molecule has 1 atom stereocenters. The van der Waals surface area contributed by atoms with Gasteiger partial charge in [0.15, 0.2) is 0 Å². The largest absolute Gasteiger partial charge is 0.463 e. The van der Waals surface area contributed by atoms with Crippen molar-refractivity contribution in [1.82, 2.24) is 14.8 Å². The Morgan fingerprint density at radius 2 is 1.95 bits per heavy atom. The molecule has 2 rings (SSSR count). The summed E-state index contributed by atoms with van der Waals surface area (Å²) in [6.45, 7) is 1.79. The lowest BCUT2D eigenvalue weighted by atomic mass is 10.3. The average Bonchev–Trinajstić information content (AvgIpc) is 3.13. The van der Waals surface area contributed by atoms with E-state index in [2.05, 4.69) is 19.6 Å². The minimum Gasteiger partial charge on any atom is -0.463 e. The first-order valence-corrected chi connectivity index (χ1v) is 5.74. The maximum Gasteiger partial charge on any atom is 0.377 e. The second-order valence-electron chi connectivity index (χ2n) is 3.91. The predicted octanol–water partition coefficient (Wildman–Crippen LogP) is 1.05. The van der Waals surface area contributed by atoms with Crippen LogP contribution in [0.2, 0.25) is 0 Å². The Labute approximate surface area is 114 Å². The van der Waals surface area contributed by atoms with Crippen molar-refractivity contribution in [3.63, 3.8) is 0 Å². The molecule has 20 heavy (non-hydrogen) atoms. The Bertz CT molecular complexity index is 576. The lowest BCUT2D eigenvalue weighted by Gasteiger charge is -2.07. The van der Waals surface area contributed by atoms with Crippen LogP contribution >= 0.6 is 0 Å². The third-order valence-corrected chi connectivity index (χ3v) is 2.70. The van der Waals surface area contributed by atoms with Gasteiger partial charge in [-0.05, 0) is 19.1 Å². The number of esters is 2. The molecule has 0 N–H and O–H groups in total. The lowest BCUT2D eigenvalue weighted by molar-refractivity contribution is 0.0560. The number of carbonyl (C=O) groups excluding carboxylic acids is 2. The summed E-state index contributed by atoms with van der Waals surface area (Å²) in [5.74, 6) is -0.628. The average molecular weight is 279 g/mol. The van der Waals surface area contributed by atoms with E-state index in [0.717, 1.165) is 0 Å². The van der Waals surface area contributed by atoms with Gasteiger partial charge in [0.1, 0.15) is 18.1 Å². The number of aromatic nitrogens is 3. The van der Waals surface area contributed by atoms with E-state index in [1.165, 1.54) is 31.3 Å². The Morgan fingerprint density at radius 3 is 2.60 bits per heavy atom. The zero-order valence-electron chi connectivity index (χ0n) is 11.2. The van der Waals surface area contributed by atoms with Crippen LogP contribution in [0.4, 0.5) is 0 Å². The first-order chi connectivity index (χ1) is 9.56. The molecule has 8 nitrogen and oxygen atoms in total. The number of ether oxygens (including phenoxy) is 2. The summed E-state index contributed by atoms with van der Waals surface area (Å²) < 4.78 is 15.9. The van der Waals surface area contributed by atoms with E-state index >= 15 is 0 Å². The van der Waals surface area contributed by atoms with E-state index in [4.69, 9.17) is 4.42 Å². The first kappa shape index (κ1) is 13.8. The van der Waals surface area contributed by atoms with E-state index in [1.54, 1.807) is 13.0 Å². The molecule has 0 saturated heterocycles. The second kappa shape index (κ2) is 5.55. The number of hydrogen-bond donors (Lipinski definition) is 0. The molecule has 0 aliphatic carbocycles. The highest BCUT2D eigenvalue weighted by Crippen LogP contribution is 2.20. The first-order valence-electron chi connectivity index (χ1n) is 5.74. The third kappa shape index (κ3) is 2.53. The molecule has 0 saturated carbocycles. The van der Waals surface area contributed by atoms with Crippen LogP contribution in [0.1, 0.15) is 39.9 Å². The molecule has 2 aromatic heterocycles. The van der Waals surface area contributed by atoms with Crippen molar-refractivity contribution in [2.24, 2.45) is 0 Å². The van der Waals surface area contributed by atoms with E-state index < -0.39 is 11.9 Å². The maximum atomic E-state index is 11.3. The van der Waals surface area contributed by atoms with Crippen LogP contribution in [-0.4, -0.2) is 40.9 Å². The third-order valence-electron chi connectivity index (χ3n) is 2.70. The van der Waals surface area contributed by atoms with Gasteiger partial charge in [0.05, 0.1) is 14.2 Å². The lowest BCUT2D eigenvalue weighted by Crippen LogP contribution is -2.09. The van der Waals surface area contributed by atoms with Crippen LogP contribution in [-0.2, 0) is 9.47 Å². The van der Waals surface area contributed by atoms with Crippen molar-refractivity contribution in [3.05, 3.63) is 35.8 Å². The SMILES string of the molecule is COC(=O)c1ncn(C(C)c2ccc(C(=O)OC)o2)n1. The molecule has 0 aliphatic heterocycles. The Kier molecular flexibility index (Phi) is 3.83. The number of rotatable bonds is 4. The van der Waals surface area contributed by atoms with Gasteiger partial charge in [-0.15, -0.1) is 5.10 Å². The van der Waals surface area contributed by atoms with Gasteiger partial charge in [-0.25, -0.2) is 19.3 Å². The zero-order valence-corrected chi connectivity index (χ0v) is 11.2. The van der Waals surface area contributed by atoms with Crippen molar-refractivity contribution in [3.8, 4) is 0 Å². The van der Waals surface area contributed by atoms with Crippen LogP contribution < -0.4 is 0 Å². The van der Waals surface area contributed by atoms with Gasteiger partial charge >= 0.3 is 11.9 Å². The quantitative estimate of drug-likeness (QED) is 0.772. The minimum absolute atomic E-state index is 0.0425. The van der Waals surface area contributed by atoms with Gasteiger partial charge in [-0.2, -0.15) is 0 Å². The van der Waals surface area contributed by atoms with Gasteiger partial charge in [0, 0.05) is 0 Å². The van der Waals surface area contributed by atoms with Crippen LogP contribution in [0.3, 0.4) is 0 Å². The fourth-order valence-electron chi connectivity index (χ4n) is 1.56.